The second-order valence-electron chi connectivity index (χ2n) is 6.32. The van der Waals surface area contributed by atoms with Crippen LogP contribution in [0.2, 0.25) is 0 Å². The molecule has 1 aromatic carbocycles. The minimum Gasteiger partial charge on any atom is -0.337 e. The Bertz CT molecular complexity index is 451. The van der Waals surface area contributed by atoms with E-state index in [2.05, 4.69) is 57.3 Å². The van der Waals surface area contributed by atoms with Gasteiger partial charge in [-0.25, -0.2) is 0 Å². The van der Waals surface area contributed by atoms with Crippen molar-refractivity contribution in [2.45, 2.75) is 58.7 Å². The molecular formula is C17H26N2O. The fraction of sp³-hybridized carbons (Fsp3) is 0.588. The lowest BCUT2D eigenvalue weighted by molar-refractivity contribution is -0.130. The van der Waals surface area contributed by atoms with Gasteiger partial charge >= 0.3 is 0 Å². The Balaban J connectivity index is 1.95. The van der Waals surface area contributed by atoms with E-state index in [-0.39, 0.29) is 11.9 Å². The highest BCUT2D eigenvalue weighted by Gasteiger charge is 2.31. The second-order valence-corrected chi connectivity index (χ2v) is 6.32. The largest absolute Gasteiger partial charge is 0.337 e. The van der Waals surface area contributed by atoms with Gasteiger partial charge in [-0.1, -0.05) is 52.0 Å². The number of hydrogen-bond donors (Lipinski definition) is 1. The predicted molar refractivity (Wildman–Crippen MR) is 82.6 cm³/mol. The highest BCUT2D eigenvalue weighted by molar-refractivity contribution is 5.84. The van der Waals surface area contributed by atoms with Crippen molar-refractivity contribution in [2.24, 2.45) is 0 Å². The number of hydrogen-bond acceptors (Lipinski definition) is 2. The Morgan fingerprint density at radius 3 is 2.40 bits per heavy atom. The molecule has 1 fully saturated rings. The van der Waals surface area contributed by atoms with Crippen molar-refractivity contribution in [2.75, 3.05) is 6.54 Å². The van der Waals surface area contributed by atoms with E-state index in [1.54, 1.807) is 0 Å². The van der Waals surface area contributed by atoms with Crippen LogP contribution in [0, 0.1) is 0 Å². The van der Waals surface area contributed by atoms with Crippen LogP contribution >= 0.6 is 0 Å². The molecule has 20 heavy (non-hydrogen) atoms. The molecule has 1 atom stereocenters. The predicted octanol–water partition coefficient (Wildman–Crippen LogP) is 2.91. The maximum absolute atomic E-state index is 12.3. The first-order chi connectivity index (χ1) is 9.47. The summed E-state index contributed by atoms with van der Waals surface area (Å²) in [5, 5.41) is 3.34. The molecule has 2 rings (SSSR count). The fourth-order valence-electron chi connectivity index (χ4n) is 2.68. The average molecular weight is 274 g/mol. The van der Waals surface area contributed by atoms with Gasteiger partial charge in [0.15, 0.2) is 0 Å². The number of rotatable bonds is 5. The molecule has 1 aliphatic heterocycles. The Labute approximate surface area is 122 Å². The number of nitrogens with one attached hydrogen (secondary N) is 1. The van der Waals surface area contributed by atoms with Gasteiger partial charge in [0.1, 0.15) is 0 Å². The Morgan fingerprint density at radius 1 is 1.20 bits per heavy atom. The molecule has 110 valence electrons. The summed E-state index contributed by atoms with van der Waals surface area (Å²) in [6.45, 7) is 10.1. The van der Waals surface area contributed by atoms with Crippen molar-refractivity contribution in [1.82, 2.24) is 10.2 Å². The van der Waals surface area contributed by atoms with Gasteiger partial charge in [-0.3, -0.25) is 4.79 Å². The SMILES string of the molecule is CC(C)NC1CCN(Cc2ccc(C(C)C)cc2)C1=O. The number of amides is 1. The monoisotopic (exact) mass is 274 g/mol. The van der Waals surface area contributed by atoms with Crippen LogP contribution in [0.1, 0.15) is 51.2 Å². The Kier molecular flexibility index (Phi) is 4.81. The van der Waals surface area contributed by atoms with E-state index in [0.717, 1.165) is 19.5 Å². The van der Waals surface area contributed by atoms with Crippen LogP contribution in [-0.4, -0.2) is 29.4 Å². The normalized spacial score (nSPS) is 19.4. The first-order valence-electron chi connectivity index (χ1n) is 7.61. The smallest absolute Gasteiger partial charge is 0.240 e. The molecule has 0 radical (unpaired) electrons. The number of likely N-dealkylation sites (tertiary alicyclic amines) is 1. The van der Waals surface area contributed by atoms with Crippen LogP contribution in [0.3, 0.4) is 0 Å². The van der Waals surface area contributed by atoms with Gasteiger partial charge in [0.05, 0.1) is 6.04 Å². The van der Waals surface area contributed by atoms with Crippen molar-refractivity contribution in [1.29, 1.82) is 0 Å². The molecule has 0 aromatic heterocycles. The molecule has 1 heterocycles. The lowest BCUT2D eigenvalue weighted by Gasteiger charge is -2.18. The van der Waals surface area contributed by atoms with Gasteiger partial charge in [-0.15, -0.1) is 0 Å². The highest BCUT2D eigenvalue weighted by atomic mass is 16.2. The van der Waals surface area contributed by atoms with Gasteiger partial charge in [0, 0.05) is 19.1 Å². The molecule has 0 aliphatic carbocycles. The highest BCUT2D eigenvalue weighted by Crippen LogP contribution is 2.18. The van der Waals surface area contributed by atoms with Crippen LogP contribution in [-0.2, 0) is 11.3 Å². The number of benzene rings is 1. The summed E-state index contributed by atoms with van der Waals surface area (Å²) in [4.78, 5) is 14.2. The summed E-state index contributed by atoms with van der Waals surface area (Å²) in [5.41, 5.74) is 2.56. The van der Waals surface area contributed by atoms with Gasteiger partial charge in [-0.2, -0.15) is 0 Å². The van der Waals surface area contributed by atoms with Gasteiger partial charge in [-0.05, 0) is 23.5 Å². The zero-order valence-corrected chi connectivity index (χ0v) is 13.0. The van der Waals surface area contributed by atoms with E-state index in [1.807, 2.05) is 4.90 Å². The fourth-order valence-corrected chi connectivity index (χ4v) is 2.68. The third-order valence-corrected chi connectivity index (χ3v) is 3.85. The van der Waals surface area contributed by atoms with Crippen molar-refractivity contribution in [3.63, 3.8) is 0 Å². The van der Waals surface area contributed by atoms with Crippen LogP contribution in [0.15, 0.2) is 24.3 Å². The van der Waals surface area contributed by atoms with E-state index < -0.39 is 0 Å². The maximum atomic E-state index is 12.3. The molecule has 0 spiro atoms. The topological polar surface area (TPSA) is 32.3 Å². The number of nitrogens with zero attached hydrogens (tertiary/aromatic N) is 1. The molecule has 1 unspecified atom stereocenters. The molecule has 3 nitrogen and oxygen atoms in total. The van der Waals surface area contributed by atoms with Crippen molar-refractivity contribution in [3.05, 3.63) is 35.4 Å². The van der Waals surface area contributed by atoms with Crippen LogP contribution in [0.25, 0.3) is 0 Å². The molecule has 1 aromatic rings. The zero-order valence-electron chi connectivity index (χ0n) is 13.0. The second kappa shape index (κ2) is 6.40. The lowest BCUT2D eigenvalue weighted by atomic mass is 10.0. The summed E-state index contributed by atoms with van der Waals surface area (Å²) >= 11 is 0. The first-order valence-corrected chi connectivity index (χ1v) is 7.61. The van der Waals surface area contributed by atoms with Crippen LogP contribution in [0.5, 0.6) is 0 Å². The standard InChI is InChI=1S/C17H26N2O/c1-12(2)15-7-5-14(6-8-15)11-19-10-9-16(17(19)20)18-13(3)4/h5-8,12-13,16,18H,9-11H2,1-4H3. The van der Waals surface area contributed by atoms with E-state index in [1.165, 1.54) is 11.1 Å². The van der Waals surface area contributed by atoms with Crippen molar-refractivity contribution >= 4 is 5.91 Å². The minimum atomic E-state index is 0.00457. The summed E-state index contributed by atoms with van der Waals surface area (Å²) in [5.74, 6) is 0.795. The third-order valence-electron chi connectivity index (χ3n) is 3.85. The summed E-state index contributed by atoms with van der Waals surface area (Å²) < 4.78 is 0. The first kappa shape index (κ1) is 15.0. The quantitative estimate of drug-likeness (QED) is 0.895. The molecule has 1 amide bonds. The molecule has 0 saturated carbocycles. The molecule has 1 saturated heterocycles. The maximum Gasteiger partial charge on any atom is 0.240 e. The van der Waals surface area contributed by atoms with E-state index >= 15 is 0 Å². The third kappa shape index (κ3) is 3.60. The van der Waals surface area contributed by atoms with Crippen molar-refractivity contribution in [3.8, 4) is 0 Å². The molecule has 3 heteroatoms. The van der Waals surface area contributed by atoms with Gasteiger partial charge in [0.2, 0.25) is 5.91 Å². The molecular weight excluding hydrogens is 248 g/mol. The number of carbonyl (C=O) groups excluding carboxylic acids is 1. The summed E-state index contributed by atoms with van der Waals surface area (Å²) in [6, 6.07) is 8.99. The van der Waals surface area contributed by atoms with Gasteiger partial charge in [0.25, 0.3) is 0 Å². The Morgan fingerprint density at radius 2 is 1.85 bits per heavy atom. The summed E-state index contributed by atoms with van der Waals surface area (Å²) in [6.07, 6.45) is 0.918. The van der Waals surface area contributed by atoms with Crippen molar-refractivity contribution < 1.29 is 4.79 Å². The van der Waals surface area contributed by atoms with E-state index in [4.69, 9.17) is 0 Å². The van der Waals surface area contributed by atoms with Crippen LogP contribution in [0.4, 0.5) is 0 Å². The minimum absolute atomic E-state index is 0.00457. The molecule has 0 bridgehead atoms. The van der Waals surface area contributed by atoms with E-state index in [0.29, 0.717) is 12.0 Å². The zero-order chi connectivity index (χ0) is 14.7. The summed E-state index contributed by atoms with van der Waals surface area (Å²) in [7, 11) is 0. The van der Waals surface area contributed by atoms with Gasteiger partial charge < -0.3 is 10.2 Å². The Hall–Kier alpha value is -1.35. The number of carbonyl (C=O) groups is 1. The van der Waals surface area contributed by atoms with E-state index in [9.17, 15) is 4.79 Å². The lowest BCUT2D eigenvalue weighted by Crippen LogP contribution is -2.41. The average Bonchev–Trinajstić information content (AvgIpc) is 2.71. The molecule has 1 aliphatic rings. The molecule has 1 N–H and O–H groups in total. The van der Waals surface area contributed by atoms with Crippen LogP contribution < -0.4 is 5.32 Å².